The van der Waals surface area contributed by atoms with E-state index in [0.29, 0.717) is 0 Å². The molecule has 2 heterocycles. The van der Waals surface area contributed by atoms with Crippen molar-refractivity contribution in [3.8, 4) is 0 Å². The Kier molecular flexibility index (Phi) is 4.98. The second kappa shape index (κ2) is 8.69. The molecule has 0 saturated carbocycles. The van der Waals surface area contributed by atoms with Crippen molar-refractivity contribution < 1.29 is 4.42 Å². The van der Waals surface area contributed by atoms with Gasteiger partial charge in [-0.3, -0.25) is 0 Å². The number of furan rings is 1. The van der Waals surface area contributed by atoms with Crippen LogP contribution < -0.4 is 20.7 Å². The lowest BCUT2D eigenvalue weighted by Gasteiger charge is -2.43. The maximum Gasteiger partial charge on any atom is 0.180 e. The van der Waals surface area contributed by atoms with Crippen LogP contribution in [-0.2, 0) is 0 Å². The van der Waals surface area contributed by atoms with Crippen LogP contribution in [0.4, 0.5) is 0 Å². The first-order chi connectivity index (χ1) is 19.4. The molecule has 0 radical (unpaired) electrons. The van der Waals surface area contributed by atoms with E-state index >= 15 is 0 Å². The predicted molar refractivity (Wildman–Crippen MR) is 165 cm³/mol. The van der Waals surface area contributed by atoms with Gasteiger partial charge >= 0.3 is 0 Å². The Morgan fingerprint density at radius 3 is 1.59 bits per heavy atom. The number of hydrogen-bond donors (Lipinski definition) is 0. The number of hydrogen-bond acceptors (Lipinski definition) is 1. The molecule has 1 aliphatic heterocycles. The quantitative estimate of drug-likeness (QED) is 0.247. The fourth-order valence-corrected chi connectivity index (χ4v) is 12.2. The van der Waals surface area contributed by atoms with E-state index in [1.807, 2.05) is 6.07 Å². The second-order valence-electron chi connectivity index (χ2n) is 10.4. The Morgan fingerprint density at radius 1 is 0.436 bits per heavy atom. The van der Waals surface area contributed by atoms with E-state index in [1.165, 1.54) is 48.2 Å². The molecule has 0 amide bonds. The van der Waals surface area contributed by atoms with E-state index in [2.05, 4.69) is 146 Å². The predicted octanol–water partition coefficient (Wildman–Crippen LogP) is 6.46. The van der Waals surface area contributed by atoms with E-state index in [-0.39, 0.29) is 5.92 Å². The molecule has 0 spiro atoms. The molecular formula is C37H26OSi. The monoisotopic (exact) mass is 514 g/mol. The molecule has 8 rings (SSSR count). The largest absolute Gasteiger partial charge is 0.456 e. The highest BCUT2D eigenvalue weighted by molar-refractivity contribution is 7.20. The molecule has 1 aliphatic rings. The maximum absolute atomic E-state index is 6.19. The van der Waals surface area contributed by atoms with Gasteiger partial charge in [-0.1, -0.05) is 133 Å². The fraction of sp³-hybridized carbons (Fsp3) is 0.0270. The summed E-state index contributed by atoms with van der Waals surface area (Å²) in [4.78, 5) is 0. The fourth-order valence-electron chi connectivity index (χ4n) is 6.94. The van der Waals surface area contributed by atoms with Crippen molar-refractivity contribution in [2.24, 2.45) is 0 Å². The van der Waals surface area contributed by atoms with E-state index < -0.39 is 8.07 Å². The highest BCUT2D eigenvalue weighted by Crippen LogP contribution is 2.38. The molecule has 0 atom stereocenters. The van der Waals surface area contributed by atoms with Gasteiger partial charge in [0.15, 0.2) is 8.07 Å². The van der Waals surface area contributed by atoms with Gasteiger partial charge in [0.1, 0.15) is 11.2 Å². The first-order valence-electron chi connectivity index (χ1n) is 13.6. The van der Waals surface area contributed by atoms with E-state index in [1.54, 1.807) is 0 Å². The van der Waals surface area contributed by atoms with Gasteiger partial charge < -0.3 is 4.42 Å². The van der Waals surface area contributed by atoms with Gasteiger partial charge in [-0.2, -0.15) is 0 Å². The lowest BCUT2D eigenvalue weighted by Crippen LogP contribution is -2.77. The Balaban J connectivity index is 1.47. The van der Waals surface area contributed by atoms with Crippen molar-refractivity contribution in [1.29, 1.82) is 0 Å². The average Bonchev–Trinajstić information content (AvgIpc) is 3.39. The third kappa shape index (κ3) is 3.19. The van der Waals surface area contributed by atoms with Crippen LogP contribution in [0.1, 0.15) is 22.6 Å². The minimum Gasteiger partial charge on any atom is -0.456 e. The molecule has 0 saturated heterocycles. The minimum atomic E-state index is -2.55. The van der Waals surface area contributed by atoms with Gasteiger partial charge in [-0.05, 0) is 55.6 Å². The number of rotatable bonds is 3. The number of benzene rings is 6. The van der Waals surface area contributed by atoms with Crippen molar-refractivity contribution in [3.63, 3.8) is 0 Å². The van der Waals surface area contributed by atoms with Crippen molar-refractivity contribution in [2.75, 3.05) is 0 Å². The van der Waals surface area contributed by atoms with E-state index in [0.717, 1.165) is 11.2 Å². The molecule has 2 heteroatoms. The molecule has 0 fully saturated rings. The Morgan fingerprint density at radius 2 is 0.949 bits per heavy atom. The van der Waals surface area contributed by atoms with Gasteiger partial charge in [0.2, 0.25) is 0 Å². The summed E-state index contributed by atoms with van der Waals surface area (Å²) in [7, 11) is -2.55. The molecular weight excluding hydrogens is 488 g/mol. The van der Waals surface area contributed by atoms with Crippen LogP contribution in [0.25, 0.3) is 21.9 Å². The van der Waals surface area contributed by atoms with Crippen LogP contribution in [0, 0.1) is 0 Å². The van der Waals surface area contributed by atoms with Crippen LogP contribution in [0.15, 0.2) is 156 Å². The summed E-state index contributed by atoms with van der Waals surface area (Å²) in [5.74, 6) is 0.142. The highest BCUT2D eigenvalue weighted by atomic mass is 28.3. The zero-order chi connectivity index (χ0) is 25.8. The molecule has 39 heavy (non-hydrogen) atoms. The van der Waals surface area contributed by atoms with E-state index in [9.17, 15) is 0 Å². The molecule has 1 nitrogen and oxygen atoms in total. The third-order valence-electron chi connectivity index (χ3n) is 8.50. The van der Waals surface area contributed by atoms with E-state index in [4.69, 9.17) is 4.42 Å². The summed E-state index contributed by atoms with van der Waals surface area (Å²) in [6, 6.07) is 55.9. The van der Waals surface area contributed by atoms with Crippen LogP contribution in [0.5, 0.6) is 0 Å². The first-order valence-corrected chi connectivity index (χ1v) is 15.6. The summed E-state index contributed by atoms with van der Waals surface area (Å²) < 4.78 is 6.19. The summed E-state index contributed by atoms with van der Waals surface area (Å²) in [5, 5.41) is 8.14. The molecule has 0 unspecified atom stereocenters. The molecule has 0 bridgehead atoms. The van der Waals surface area contributed by atoms with Crippen molar-refractivity contribution >= 4 is 50.8 Å². The highest BCUT2D eigenvalue weighted by Gasteiger charge is 2.48. The zero-order valence-electron chi connectivity index (χ0n) is 21.4. The Bertz CT molecular complexity index is 1880. The summed E-state index contributed by atoms with van der Waals surface area (Å²) in [6.45, 7) is 0. The van der Waals surface area contributed by atoms with Crippen molar-refractivity contribution in [2.45, 2.75) is 5.92 Å². The molecule has 7 aromatic rings. The van der Waals surface area contributed by atoms with Crippen LogP contribution in [-0.4, -0.2) is 8.07 Å². The lowest BCUT2D eigenvalue weighted by atomic mass is 9.84. The van der Waals surface area contributed by atoms with Gasteiger partial charge in [0.25, 0.3) is 0 Å². The Hall–Kier alpha value is -4.66. The van der Waals surface area contributed by atoms with Crippen molar-refractivity contribution in [1.82, 2.24) is 0 Å². The summed E-state index contributed by atoms with van der Waals surface area (Å²) >= 11 is 0. The van der Waals surface area contributed by atoms with Gasteiger partial charge in [0, 0.05) is 16.7 Å². The molecule has 184 valence electrons. The summed E-state index contributed by atoms with van der Waals surface area (Å²) in [5.41, 5.74) is 5.99. The minimum absolute atomic E-state index is 0.142. The second-order valence-corrected chi connectivity index (χ2v) is 14.2. The van der Waals surface area contributed by atoms with Crippen LogP contribution in [0.2, 0.25) is 0 Å². The maximum atomic E-state index is 6.19. The third-order valence-corrected chi connectivity index (χ3v) is 13.4. The standard InChI is InChI=1S/C37H26OSi/c1-3-13-27(14-4-1)39(28-15-5-2-6-16-28)35-21-11-8-18-30(35)37(31-19-9-12-22-36(31)39)26-23-24-34-32(25-26)29-17-7-10-20-33(29)38-34/h1-25,37H. The first kappa shape index (κ1) is 22.3. The normalized spacial score (nSPS) is 14.3. The molecule has 0 N–H and O–H groups in total. The summed E-state index contributed by atoms with van der Waals surface area (Å²) in [6.07, 6.45) is 0. The van der Waals surface area contributed by atoms with Crippen LogP contribution in [0.3, 0.4) is 0 Å². The molecule has 0 aliphatic carbocycles. The smallest absolute Gasteiger partial charge is 0.180 e. The topological polar surface area (TPSA) is 13.1 Å². The zero-order valence-corrected chi connectivity index (χ0v) is 22.4. The number of fused-ring (bicyclic) bond motifs is 5. The SMILES string of the molecule is c1ccc([Si]2(c3ccccc3)c3ccccc3C(c3ccc4oc5ccccc5c4c3)c3ccccc32)cc1. The van der Waals surface area contributed by atoms with Crippen molar-refractivity contribution in [3.05, 3.63) is 168 Å². The van der Waals surface area contributed by atoms with Gasteiger partial charge in [-0.15, -0.1) is 0 Å². The van der Waals surface area contributed by atoms with Crippen LogP contribution >= 0.6 is 0 Å². The Labute approximate surface area is 229 Å². The van der Waals surface area contributed by atoms with Gasteiger partial charge in [0.05, 0.1) is 0 Å². The van der Waals surface area contributed by atoms with Gasteiger partial charge in [-0.25, -0.2) is 0 Å². The molecule has 6 aromatic carbocycles. The lowest BCUT2D eigenvalue weighted by molar-refractivity contribution is 0.668. The average molecular weight is 515 g/mol. The number of para-hydroxylation sites is 1. The molecule has 1 aromatic heterocycles.